The average molecular weight is 316 g/mol. The van der Waals surface area contributed by atoms with Crippen molar-refractivity contribution in [1.29, 1.82) is 0 Å². The molecule has 0 aromatic heterocycles. The first-order valence-electron chi connectivity index (χ1n) is 7.27. The van der Waals surface area contributed by atoms with E-state index in [2.05, 4.69) is 0 Å². The van der Waals surface area contributed by atoms with Crippen molar-refractivity contribution in [1.82, 2.24) is 0 Å². The predicted octanol–water partition coefficient (Wildman–Crippen LogP) is 3.07. The van der Waals surface area contributed by atoms with E-state index in [9.17, 15) is 9.90 Å². The highest BCUT2D eigenvalue weighted by molar-refractivity contribution is 5.88. The number of aromatic carboxylic acids is 1. The Hall–Kier alpha value is -2.53. The van der Waals surface area contributed by atoms with Crippen LogP contribution in [0.5, 0.6) is 11.5 Å². The van der Waals surface area contributed by atoms with Gasteiger partial charge in [0, 0.05) is 0 Å². The summed E-state index contributed by atoms with van der Waals surface area (Å²) in [5.41, 5.74) is 1.76. The standard InChI is InChI=1S/C18H20O5/c1-22-15-7-3-12(4-8-15)16(19)9-5-13-11-14(18(20)21)6-10-17(13)23-2/h3-4,6-8,10-11,16,19H,5,9H2,1-2H3,(H,20,21). The molecule has 0 saturated carbocycles. The van der Waals surface area contributed by atoms with Crippen molar-refractivity contribution in [3.05, 3.63) is 59.2 Å². The molecule has 0 fully saturated rings. The van der Waals surface area contributed by atoms with Crippen molar-refractivity contribution in [2.24, 2.45) is 0 Å². The number of aliphatic hydroxyl groups excluding tert-OH is 1. The topological polar surface area (TPSA) is 76.0 Å². The molecule has 0 spiro atoms. The molecule has 0 radical (unpaired) electrons. The Bertz CT molecular complexity index is 664. The molecule has 23 heavy (non-hydrogen) atoms. The van der Waals surface area contributed by atoms with Gasteiger partial charge in [-0.3, -0.25) is 0 Å². The third-order valence-corrected chi connectivity index (χ3v) is 3.72. The quantitative estimate of drug-likeness (QED) is 0.821. The number of aliphatic hydroxyl groups is 1. The number of ether oxygens (including phenoxy) is 2. The highest BCUT2D eigenvalue weighted by Crippen LogP contribution is 2.26. The van der Waals surface area contributed by atoms with E-state index in [1.54, 1.807) is 38.5 Å². The molecule has 5 heteroatoms. The van der Waals surface area contributed by atoms with E-state index in [0.717, 1.165) is 16.9 Å². The molecule has 2 N–H and O–H groups in total. The summed E-state index contributed by atoms with van der Waals surface area (Å²) in [7, 11) is 3.13. The Labute approximate surface area is 135 Å². The van der Waals surface area contributed by atoms with E-state index in [4.69, 9.17) is 14.6 Å². The van der Waals surface area contributed by atoms with E-state index in [1.165, 1.54) is 6.07 Å². The largest absolute Gasteiger partial charge is 0.497 e. The van der Waals surface area contributed by atoms with Crippen LogP contribution in [0.15, 0.2) is 42.5 Å². The van der Waals surface area contributed by atoms with Gasteiger partial charge in [-0.25, -0.2) is 4.79 Å². The Balaban J connectivity index is 2.09. The molecule has 5 nitrogen and oxygen atoms in total. The van der Waals surface area contributed by atoms with Crippen molar-refractivity contribution >= 4 is 5.97 Å². The van der Waals surface area contributed by atoms with Crippen molar-refractivity contribution < 1.29 is 24.5 Å². The van der Waals surface area contributed by atoms with Gasteiger partial charge in [0.2, 0.25) is 0 Å². The average Bonchev–Trinajstić information content (AvgIpc) is 2.59. The Morgan fingerprint density at radius 3 is 2.35 bits per heavy atom. The molecule has 0 heterocycles. The molecule has 0 aliphatic rings. The Morgan fingerprint density at radius 2 is 1.78 bits per heavy atom. The lowest BCUT2D eigenvalue weighted by Crippen LogP contribution is -2.03. The van der Waals surface area contributed by atoms with Crippen LogP contribution >= 0.6 is 0 Å². The zero-order valence-corrected chi connectivity index (χ0v) is 13.2. The molecule has 0 amide bonds. The summed E-state index contributed by atoms with van der Waals surface area (Å²) in [5.74, 6) is 0.373. The number of aryl methyl sites for hydroxylation is 1. The Kier molecular flexibility index (Phi) is 5.60. The molecule has 0 saturated heterocycles. The van der Waals surface area contributed by atoms with E-state index >= 15 is 0 Å². The molecule has 0 aliphatic carbocycles. The minimum Gasteiger partial charge on any atom is -0.497 e. The lowest BCUT2D eigenvalue weighted by atomic mass is 9.99. The van der Waals surface area contributed by atoms with Crippen molar-refractivity contribution in [3.63, 3.8) is 0 Å². The first-order valence-corrected chi connectivity index (χ1v) is 7.27. The minimum atomic E-state index is -0.982. The maximum absolute atomic E-state index is 11.1. The molecule has 0 aliphatic heterocycles. The second-order valence-corrected chi connectivity index (χ2v) is 5.16. The third-order valence-electron chi connectivity index (χ3n) is 3.72. The zero-order chi connectivity index (χ0) is 16.8. The van der Waals surface area contributed by atoms with Gasteiger partial charge in [0.15, 0.2) is 0 Å². The first kappa shape index (κ1) is 16.8. The van der Waals surface area contributed by atoms with Crippen LogP contribution in [0.4, 0.5) is 0 Å². The summed E-state index contributed by atoms with van der Waals surface area (Å²) in [4.78, 5) is 11.1. The van der Waals surface area contributed by atoms with Crippen LogP contribution in [0.25, 0.3) is 0 Å². The van der Waals surface area contributed by atoms with Crippen LogP contribution in [0.2, 0.25) is 0 Å². The normalized spacial score (nSPS) is 11.8. The van der Waals surface area contributed by atoms with E-state index in [-0.39, 0.29) is 5.56 Å². The number of carbonyl (C=O) groups is 1. The SMILES string of the molecule is COc1ccc(C(O)CCc2cc(C(=O)O)ccc2OC)cc1. The van der Waals surface area contributed by atoms with Crippen LogP contribution in [-0.4, -0.2) is 30.4 Å². The van der Waals surface area contributed by atoms with E-state index in [0.29, 0.717) is 18.6 Å². The highest BCUT2D eigenvalue weighted by atomic mass is 16.5. The number of rotatable bonds is 7. The fraction of sp³-hybridized carbons (Fsp3) is 0.278. The summed E-state index contributed by atoms with van der Waals surface area (Å²) in [6.45, 7) is 0. The van der Waals surface area contributed by atoms with Crippen LogP contribution < -0.4 is 9.47 Å². The molecular formula is C18H20O5. The maximum atomic E-state index is 11.1. The van der Waals surface area contributed by atoms with Gasteiger partial charge >= 0.3 is 5.97 Å². The van der Waals surface area contributed by atoms with Crippen molar-refractivity contribution in [3.8, 4) is 11.5 Å². The molecule has 2 aromatic rings. The van der Waals surface area contributed by atoms with Crippen LogP contribution in [0.3, 0.4) is 0 Å². The van der Waals surface area contributed by atoms with Crippen molar-refractivity contribution in [2.75, 3.05) is 14.2 Å². The van der Waals surface area contributed by atoms with E-state index < -0.39 is 12.1 Å². The Morgan fingerprint density at radius 1 is 1.09 bits per heavy atom. The summed E-state index contributed by atoms with van der Waals surface area (Å²) in [6.07, 6.45) is 0.336. The molecule has 1 atom stereocenters. The molecular weight excluding hydrogens is 296 g/mol. The fourth-order valence-electron chi connectivity index (χ4n) is 2.39. The van der Waals surface area contributed by atoms with Gasteiger partial charge in [0.1, 0.15) is 11.5 Å². The van der Waals surface area contributed by atoms with Gasteiger partial charge in [-0.05, 0) is 54.3 Å². The van der Waals surface area contributed by atoms with Gasteiger partial charge in [-0.1, -0.05) is 12.1 Å². The lowest BCUT2D eigenvalue weighted by Gasteiger charge is -2.14. The second-order valence-electron chi connectivity index (χ2n) is 5.16. The van der Waals surface area contributed by atoms with Gasteiger partial charge in [-0.2, -0.15) is 0 Å². The fourth-order valence-corrected chi connectivity index (χ4v) is 2.39. The third kappa shape index (κ3) is 4.23. The highest BCUT2D eigenvalue weighted by Gasteiger charge is 2.12. The molecule has 122 valence electrons. The molecule has 2 rings (SSSR count). The van der Waals surface area contributed by atoms with Crippen LogP contribution in [0.1, 0.15) is 34.0 Å². The summed E-state index contributed by atoms with van der Waals surface area (Å²) < 4.78 is 10.3. The summed E-state index contributed by atoms with van der Waals surface area (Å²) in [6, 6.07) is 11.9. The van der Waals surface area contributed by atoms with Gasteiger partial charge in [-0.15, -0.1) is 0 Å². The van der Waals surface area contributed by atoms with Crippen LogP contribution in [-0.2, 0) is 6.42 Å². The predicted molar refractivity (Wildman–Crippen MR) is 86.2 cm³/mol. The molecule has 2 aromatic carbocycles. The van der Waals surface area contributed by atoms with Crippen molar-refractivity contribution in [2.45, 2.75) is 18.9 Å². The lowest BCUT2D eigenvalue weighted by molar-refractivity contribution is 0.0696. The second kappa shape index (κ2) is 7.65. The zero-order valence-electron chi connectivity index (χ0n) is 13.2. The molecule has 1 unspecified atom stereocenters. The maximum Gasteiger partial charge on any atom is 0.335 e. The molecule has 0 bridgehead atoms. The van der Waals surface area contributed by atoms with Gasteiger partial charge in [0.05, 0.1) is 25.9 Å². The minimum absolute atomic E-state index is 0.208. The number of hydrogen-bond donors (Lipinski definition) is 2. The number of hydrogen-bond acceptors (Lipinski definition) is 4. The van der Waals surface area contributed by atoms with Gasteiger partial charge in [0.25, 0.3) is 0 Å². The summed E-state index contributed by atoms with van der Waals surface area (Å²) in [5, 5.41) is 19.4. The van der Waals surface area contributed by atoms with Crippen LogP contribution in [0, 0.1) is 0 Å². The summed E-state index contributed by atoms with van der Waals surface area (Å²) >= 11 is 0. The number of carboxylic acids is 1. The first-order chi connectivity index (χ1) is 11.0. The van der Waals surface area contributed by atoms with E-state index in [1.807, 2.05) is 12.1 Å². The smallest absolute Gasteiger partial charge is 0.335 e. The monoisotopic (exact) mass is 316 g/mol. The van der Waals surface area contributed by atoms with Gasteiger partial charge < -0.3 is 19.7 Å². The number of carboxylic acid groups (broad SMARTS) is 1. The number of benzene rings is 2. The number of methoxy groups -OCH3 is 2.